The number of rotatable bonds is 2. The molecule has 0 saturated heterocycles. The van der Waals surface area contributed by atoms with Gasteiger partial charge in [0, 0.05) is 45.3 Å². The van der Waals surface area contributed by atoms with Gasteiger partial charge in [0.05, 0.1) is 11.1 Å². The minimum absolute atomic E-state index is 0.247. The zero-order valence-electron chi connectivity index (χ0n) is 13.4. The molecule has 0 fully saturated rings. The Morgan fingerprint density at radius 2 is 1.35 bits per heavy atom. The van der Waals surface area contributed by atoms with Crippen LogP contribution in [0.2, 0.25) is 0 Å². The molecule has 3 heterocycles. The third-order valence-electron chi connectivity index (χ3n) is 4.70. The lowest BCUT2D eigenvalue weighted by Gasteiger charge is -2.03. The molecule has 0 spiro atoms. The number of benzene rings is 2. The summed E-state index contributed by atoms with van der Waals surface area (Å²) in [7, 11) is 0. The van der Waals surface area contributed by atoms with Crippen molar-refractivity contribution in [1.29, 1.82) is 0 Å². The highest BCUT2D eigenvalue weighted by Gasteiger charge is 2.34. The van der Waals surface area contributed by atoms with Crippen molar-refractivity contribution >= 4 is 44.8 Å². The lowest BCUT2D eigenvalue weighted by molar-refractivity contribution is -0.122. The van der Waals surface area contributed by atoms with Crippen LogP contribution in [0.15, 0.2) is 54.9 Å². The number of halogens is 1. The first-order valence-corrected chi connectivity index (χ1v) is 8.07. The highest BCUT2D eigenvalue weighted by Crippen LogP contribution is 2.37. The standard InChI is InChI=1S/C20H12FN3O2/c21-10-5-6-16-12(7-10)14(9-23-16)18-17(19(25)24-20(18)26)13-8-22-15-4-2-1-3-11(13)15/h1-9,22-23H,(H,24,25,26). The molecule has 0 bridgehead atoms. The molecule has 126 valence electrons. The van der Waals surface area contributed by atoms with Gasteiger partial charge in [-0.05, 0) is 24.3 Å². The van der Waals surface area contributed by atoms with Crippen molar-refractivity contribution in [3.8, 4) is 0 Å². The summed E-state index contributed by atoms with van der Waals surface area (Å²) < 4.78 is 13.7. The van der Waals surface area contributed by atoms with Crippen LogP contribution in [0.4, 0.5) is 4.39 Å². The zero-order chi connectivity index (χ0) is 17.8. The summed E-state index contributed by atoms with van der Waals surface area (Å²) in [5.74, 6) is -1.35. The zero-order valence-corrected chi connectivity index (χ0v) is 13.4. The Balaban J connectivity index is 1.85. The number of amides is 2. The Kier molecular flexibility index (Phi) is 2.91. The van der Waals surface area contributed by atoms with Crippen molar-refractivity contribution in [1.82, 2.24) is 15.3 Å². The fraction of sp³-hybridized carbons (Fsp3) is 0. The first-order chi connectivity index (χ1) is 12.6. The van der Waals surface area contributed by atoms with E-state index in [0.717, 1.165) is 10.9 Å². The Bertz CT molecular complexity index is 1260. The molecule has 5 nitrogen and oxygen atoms in total. The SMILES string of the molecule is O=C1NC(=O)C(c2c[nH]c3ccc(F)cc23)=C1c1c[nH]c2ccccc12. The molecular formula is C20H12FN3O2. The average molecular weight is 345 g/mol. The molecule has 5 rings (SSSR count). The number of aromatic amines is 2. The van der Waals surface area contributed by atoms with Crippen LogP contribution < -0.4 is 5.32 Å². The lowest BCUT2D eigenvalue weighted by atomic mass is 9.95. The first kappa shape index (κ1) is 14.7. The van der Waals surface area contributed by atoms with Gasteiger partial charge in [0.2, 0.25) is 0 Å². The van der Waals surface area contributed by atoms with Crippen molar-refractivity contribution in [2.45, 2.75) is 0 Å². The summed E-state index contributed by atoms with van der Waals surface area (Å²) in [6, 6.07) is 11.9. The molecule has 1 aliphatic heterocycles. The second-order valence-electron chi connectivity index (χ2n) is 6.17. The van der Waals surface area contributed by atoms with Gasteiger partial charge in [0.15, 0.2) is 0 Å². The van der Waals surface area contributed by atoms with Gasteiger partial charge in [-0.2, -0.15) is 0 Å². The van der Waals surface area contributed by atoms with Crippen molar-refractivity contribution in [3.63, 3.8) is 0 Å². The number of imide groups is 1. The Hall–Kier alpha value is -3.67. The Morgan fingerprint density at radius 3 is 2.08 bits per heavy atom. The molecule has 4 aromatic rings. The van der Waals surface area contributed by atoms with Crippen molar-refractivity contribution < 1.29 is 14.0 Å². The largest absolute Gasteiger partial charge is 0.361 e. The maximum Gasteiger partial charge on any atom is 0.259 e. The summed E-state index contributed by atoms with van der Waals surface area (Å²) in [6.45, 7) is 0. The average Bonchev–Trinajstić information content (AvgIpc) is 3.29. The van der Waals surface area contributed by atoms with Crippen molar-refractivity contribution in [2.75, 3.05) is 0 Å². The smallest absolute Gasteiger partial charge is 0.259 e. The molecule has 2 aromatic carbocycles. The molecule has 0 aliphatic carbocycles. The van der Waals surface area contributed by atoms with Gasteiger partial charge in [-0.25, -0.2) is 4.39 Å². The topological polar surface area (TPSA) is 77.8 Å². The van der Waals surface area contributed by atoms with Gasteiger partial charge in [0.1, 0.15) is 5.82 Å². The van der Waals surface area contributed by atoms with E-state index in [1.54, 1.807) is 18.5 Å². The molecule has 1 aliphatic rings. The third-order valence-corrected chi connectivity index (χ3v) is 4.70. The van der Waals surface area contributed by atoms with E-state index in [9.17, 15) is 14.0 Å². The van der Waals surface area contributed by atoms with Crippen LogP contribution in [0.1, 0.15) is 11.1 Å². The number of hydrogen-bond acceptors (Lipinski definition) is 2. The summed E-state index contributed by atoms with van der Waals surface area (Å²) in [6.07, 6.45) is 3.35. The summed E-state index contributed by atoms with van der Waals surface area (Å²) >= 11 is 0. The van der Waals surface area contributed by atoms with Crippen LogP contribution in [0.3, 0.4) is 0 Å². The van der Waals surface area contributed by atoms with Gasteiger partial charge < -0.3 is 9.97 Å². The van der Waals surface area contributed by atoms with E-state index in [1.165, 1.54) is 12.1 Å². The van der Waals surface area contributed by atoms with E-state index in [4.69, 9.17) is 0 Å². The quantitative estimate of drug-likeness (QED) is 0.487. The summed E-state index contributed by atoms with van der Waals surface area (Å²) in [5, 5.41) is 3.77. The van der Waals surface area contributed by atoms with Gasteiger partial charge in [-0.15, -0.1) is 0 Å². The van der Waals surface area contributed by atoms with Gasteiger partial charge in [-0.3, -0.25) is 14.9 Å². The normalized spacial score (nSPS) is 14.7. The van der Waals surface area contributed by atoms with E-state index < -0.39 is 17.6 Å². The minimum Gasteiger partial charge on any atom is -0.361 e. The maximum absolute atomic E-state index is 13.7. The van der Waals surface area contributed by atoms with Crippen molar-refractivity contribution in [3.05, 3.63) is 71.8 Å². The number of hydrogen-bond donors (Lipinski definition) is 3. The number of aromatic nitrogens is 2. The monoisotopic (exact) mass is 345 g/mol. The van der Waals surface area contributed by atoms with Crippen LogP contribution in [0.5, 0.6) is 0 Å². The van der Waals surface area contributed by atoms with Crippen molar-refractivity contribution in [2.24, 2.45) is 0 Å². The molecule has 2 aromatic heterocycles. The molecule has 0 unspecified atom stereocenters. The molecule has 6 heteroatoms. The van der Waals surface area contributed by atoms with E-state index >= 15 is 0 Å². The summed E-state index contributed by atoms with van der Waals surface area (Å²) in [5.41, 5.74) is 3.24. The Labute approximate surface area is 146 Å². The number of fused-ring (bicyclic) bond motifs is 2. The fourth-order valence-corrected chi connectivity index (χ4v) is 3.55. The molecule has 0 atom stereocenters. The number of para-hydroxylation sites is 1. The first-order valence-electron chi connectivity index (χ1n) is 8.07. The van der Waals surface area contributed by atoms with Gasteiger partial charge in [0.25, 0.3) is 11.8 Å². The van der Waals surface area contributed by atoms with E-state index in [0.29, 0.717) is 22.0 Å². The molecule has 3 N–H and O–H groups in total. The predicted molar refractivity (Wildman–Crippen MR) is 96.5 cm³/mol. The highest BCUT2D eigenvalue weighted by molar-refractivity contribution is 6.50. The van der Waals surface area contributed by atoms with Crippen LogP contribution in [0.25, 0.3) is 33.0 Å². The molecule has 26 heavy (non-hydrogen) atoms. The number of H-pyrrole nitrogens is 2. The van der Waals surface area contributed by atoms with Crippen LogP contribution in [-0.2, 0) is 9.59 Å². The van der Waals surface area contributed by atoms with E-state index in [1.807, 2.05) is 24.3 Å². The van der Waals surface area contributed by atoms with E-state index in [2.05, 4.69) is 15.3 Å². The van der Waals surface area contributed by atoms with Crippen LogP contribution >= 0.6 is 0 Å². The number of carbonyl (C=O) groups is 2. The fourth-order valence-electron chi connectivity index (χ4n) is 3.55. The second-order valence-corrected chi connectivity index (χ2v) is 6.17. The lowest BCUT2D eigenvalue weighted by Crippen LogP contribution is -2.22. The maximum atomic E-state index is 13.7. The van der Waals surface area contributed by atoms with Crippen LogP contribution in [-0.4, -0.2) is 21.8 Å². The predicted octanol–water partition coefficient (Wildman–Crippen LogP) is 3.36. The van der Waals surface area contributed by atoms with Crippen LogP contribution in [0, 0.1) is 5.82 Å². The number of nitrogens with one attached hydrogen (secondary N) is 3. The molecule has 2 amide bonds. The third kappa shape index (κ3) is 1.96. The van der Waals surface area contributed by atoms with Gasteiger partial charge >= 0.3 is 0 Å². The van der Waals surface area contributed by atoms with Gasteiger partial charge in [-0.1, -0.05) is 18.2 Å². The molecule has 0 saturated carbocycles. The Morgan fingerprint density at radius 1 is 0.731 bits per heavy atom. The molecular weight excluding hydrogens is 333 g/mol. The highest BCUT2D eigenvalue weighted by atomic mass is 19.1. The second kappa shape index (κ2) is 5.16. The van der Waals surface area contributed by atoms with E-state index in [-0.39, 0.29) is 11.1 Å². The molecule has 0 radical (unpaired) electrons. The summed E-state index contributed by atoms with van der Waals surface area (Å²) in [4.78, 5) is 31.2. The number of carbonyl (C=O) groups excluding carboxylic acids is 2. The minimum atomic E-state index is -0.486.